The maximum absolute atomic E-state index is 13.5. The molecule has 1 aliphatic carbocycles. The van der Waals surface area contributed by atoms with Crippen LogP contribution in [0.4, 0.5) is 0 Å². The number of nitrogens with zero attached hydrogens (tertiary/aromatic N) is 3. The third kappa shape index (κ3) is 4.66. The van der Waals surface area contributed by atoms with E-state index >= 15 is 0 Å². The smallest absolute Gasteiger partial charge is 0.254 e. The largest absolute Gasteiger partial charge is 0.348 e. The Morgan fingerprint density at radius 2 is 2.00 bits per heavy atom. The Morgan fingerprint density at radius 3 is 2.69 bits per heavy atom. The quantitative estimate of drug-likeness (QED) is 0.476. The summed E-state index contributed by atoms with van der Waals surface area (Å²) in [5.41, 5.74) is 3.72. The van der Waals surface area contributed by atoms with E-state index in [9.17, 15) is 9.59 Å². The molecule has 1 unspecified atom stereocenters. The van der Waals surface area contributed by atoms with E-state index in [1.807, 2.05) is 38.3 Å². The minimum atomic E-state index is -0.165. The van der Waals surface area contributed by atoms with Crippen LogP contribution in [0.15, 0.2) is 34.1 Å². The van der Waals surface area contributed by atoms with Crippen molar-refractivity contribution in [2.45, 2.75) is 70.0 Å². The van der Waals surface area contributed by atoms with Gasteiger partial charge in [0.2, 0.25) is 0 Å². The number of aromatic amines is 1. The number of carbonyl (C=O) groups is 1. The van der Waals surface area contributed by atoms with Crippen LogP contribution < -0.4 is 10.9 Å². The lowest BCUT2D eigenvalue weighted by molar-refractivity contribution is 0.0950. The lowest BCUT2D eigenvalue weighted by atomic mass is 9.90. The lowest BCUT2D eigenvalue weighted by Crippen LogP contribution is -2.37. The van der Waals surface area contributed by atoms with Gasteiger partial charge in [-0.25, -0.2) is 4.98 Å². The van der Waals surface area contributed by atoms with Gasteiger partial charge in [-0.2, -0.15) is 0 Å². The molecule has 3 aromatic heterocycles. The van der Waals surface area contributed by atoms with Crippen molar-refractivity contribution in [2.75, 3.05) is 19.3 Å². The summed E-state index contributed by atoms with van der Waals surface area (Å²) in [6, 6.07) is 6.90. The zero-order chi connectivity index (χ0) is 24.7. The standard InChI is InChI=1S/C27H35N5O2S/c1-16-14-23(35-4)22(26(33)30-16)15-29-27(34)24-18(3)32(25-21(24)6-5-11-28-25)17(2)19-9-12-31(13-10-19)20-7-8-20/h5-6,11,14,17,19-20H,7-10,12-13,15H2,1-4H3,(H,29,34)(H,30,33). The van der Waals surface area contributed by atoms with E-state index in [4.69, 9.17) is 4.98 Å². The molecule has 0 aromatic carbocycles. The van der Waals surface area contributed by atoms with Crippen LogP contribution in [0, 0.1) is 19.8 Å². The monoisotopic (exact) mass is 493 g/mol. The summed E-state index contributed by atoms with van der Waals surface area (Å²) in [5.74, 6) is 0.398. The average Bonchev–Trinajstić information content (AvgIpc) is 3.65. The van der Waals surface area contributed by atoms with Crippen LogP contribution in [0.5, 0.6) is 0 Å². The Kier molecular flexibility index (Phi) is 6.77. The number of nitrogens with one attached hydrogen (secondary N) is 2. The average molecular weight is 494 g/mol. The number of rotatable bonds is 7. The molecule has 1 amide bonds. The zero-order valence-corrected chi connectivity index (χ0v) is 21.9. The van der Waals surface area contributed by atoms with Gasteiger partial charge in [0, 0.05) is 52.1 Å². The van der Waals surface area contributed by atoms with Crippen molar-refractivity contribution in [3.8, 4) is 0 Å². The summed E-state index contributed by atoms with van der Waals surface area (Å²) in [6.45, 7) is 8.69. The summed E-state index contributed by atoms with van der Waals surface area (Å²) in [4.78, 5) is 37.1. The molecule has 186 valence electrons. The van der Waals surface area contributed by atoms with Crippen molar-refractivity contribution in [1.82, 2.24) is 24.8 Å². The number of piperidine rings is 1. The molecule has 0 spiro atoms. The SMILES string of the molecule is CSc1cc(C)[nH]c(=O)c1CNC(=O)c1c(C)n(C(C)C2CCN(C3CC3)CC2)c2ncccc12. The molecule has 0 radical (unpaired) electrons. The van der Waals surface area contributed by atoms with Gasteiger partial charge in [0.25, 0.3) is 11.5 Å². The molecule has 35 heavy (non-hydrogen) atoms. The number of thioether (sulfide) groups is 1. The summed E-state index contributed by atoms with van der Waals surface area (Å²) in [7, 11) is 0. The number of amides is 1. The molecule has 1 saturated carbocycles. The number of H-pyrrole nitrogens is 1. The van der Waals surface area contributed by atoms with Crippen LogP contribution in [-0.4, -0.2) is 50.7 Å². The fraction of sp³-hybridized carbons (Fsp3) is 0.519. The van der Waals surface area contributed by atoms with Crippen molar-refractivity contribution in [3.05, 3.63) is 57.3 Å². The third-order valence-electron chi connectivity index (χ3n) is 7.84. The van der Waals surface area contributed by atoms with Gasteiger partial charge in [0.1, 0.15) is 5.65 Å². The number of aryl methyl sites for hydroxylation is 1. The highest BCUT2D eigenvalue weighted by Gasteiger charge is 2.34. The second-order valence-corrected chi connectivity index (χ2v) is 10.9. The van der Waals surface area contributed by atoms with Crippen LogP contribution in [0.1, 0.15) is 66.0 Å². The molecule has 8 heteroatoms. The van der Waals surface area contributed by atoms with Gasteiger partial charge in [0.15, 0.2) is 0 Å². The number of fused-ring (bicyclic) bond motifs is 1. The number of hydrogen-bond acceptors (Lipinski definition) is 5. The van der Waals surface area contributed by atoms with Gasteiger partial charge < -0.3 is 19.8 Å². The first-order valence-corrected chi connectivity index (χ1v) is 13.9. The number of aromatic nitrogens is 3. The first kappa shape index (κ1) is 24.1. The lowest BCUT2D eigenvalue weighted by Gasteiger charge is -2.36. The Hall–Kier alpha value is -2.58. The molecule has 2 N–H and O–H groups in total. The van der Waals surface area contributed by atoms with Gasteiger partial charge in [-0.15, -0.1) is 11.8 Å². The first-order valence-electron chi connectivity index (χ1n) is 12.6. The summed E-state index contributed by atoms with van der Waals surface area (Å²) >= 11 is 1.52. The zero-order valence-electron chi connectivity index (χ0n) is 21.1. The number of hydrogen-bond donors (Lipinski definition) is 2. The predicted molar refractivity (Wildman–Crippen MR) is 141 cm³/mol. The van der Waals surface area contributed by atoms with Crippen LogP contribution in [0.3, 0.4) is 0 Å². The van der Waals surface area contributed by atoms with Crippen molar-refractivity contribution in [1.29, 1.82) is 0 Å². The molecule has 1 atom stereocenters. The van der Waals surface area contributed by atoms with E-state index < -0.39 is 0 Å². The summed E-state index contributed by atoms with van der Waals surface area (Å²) in [5, 5.41) is 3.89. The molecule has 7 nitrogen and oxygen atoms in total. The van der Waals surface area contributed by atoms with Crippen LogP contribution >= 0.6 is 11.8 Å². The molecule has 3 aromatic rings. The minimum absolute atomic E-state index is 0.151. The molecular weight excluding hydrogens is 458 g/mol. The number of carbonyl (C=O) groups excluding carboxylic acids is 1. The third-order valence-corrected chi connectivity index (χ3v) is 8.64. The van der Waals surface area contributed by atoms with Crippen LogP contribution in [-0.2, 0) is 6.54 Å². The van der Waals surface area contributed by atoms with Gasteiger partial charge >= 0.3 is 0 Å². The highest BCUT2D eigenvalue weighted by molar-refractivity contribution is 7.98. The van der Waals surface area contributed by atoms with Crippen molar-refractivity contribution in [2.24, 2.45) is 5.92 Å². The van der Waals surface area contributed by atoms with E-state index in [0.717, 1.165) is 33.4 Å². The summed E-state index contributed by atoms with van der Waals surface area (Å²) < 4.78 is 2.27. The Labute approximate surface area is 210 Å². The number of pyridine rings is 2. The maximum Gasteiger partial charge on any atom is 0.254 e. The fourth-order valence-corrected chi connectivity index (χ4v) is 6.46. The molecule has 2 aliphatic rings. The summed E-state index contributed by atoms with van der Waals surface area (Å²) in [6.07, 6.45) is 8.82. The Balaban J connectivity index is 1.41. The second kappa shape index (κ2) is 9.82. The van der Waals surface area contributed by atoms with E-state index in [0.29, 0.717) is 17.0 Å². The molecule has 4 heterocycles. The highest BCUT2D eigenvalue weighted by atomic mass is 32.2. The highest BCUT2D eigenvalue weighted by Crippen LogP contribution is 2.37. The van der Waals surface area contributed by atoms with E-state index in [-0.39, 0.29) is 24.1 Å². The number of likely N-dealkylation sites (tertiary alicyclic amines) is 1. The van der Waals surface area contributed by atoms with Gasteiger partial charge in [-0.1, -0.05) is 0 Å². The molecule has 0 bridgehead atoms. The Bertz CT molecular complexity index is 1300. The Morgan fingerprint density at radius 1 is 1.26 bits per heavy atom. The molecule has 2 fully saturated rings. The minimum Gasteiger partial charge on any atom is -0.348 e. The van der Waals surface area contributed by atoms with Crippen LogP contribution in [0.2, 0.25) is 0 Å². The van der Waals surface area contributed by atoms with E-state index in [1.54, 1.807) is 6.20 Å². The van der Waals surface area contributed by atoms with Gasteiger partial charge in [-0.3, -0.25) is 9.59 Å². The molecule has 1 aliphatic heterocycles. The molecule has 5 rings (SSSR count). The predicted octanol–water partition coefficient (Wildman–Crippen LogP) is 4.43. The van der Waals surface area contributed by atoms with Crippen LogP contribution in [0.25, 0.3) is 11.0 Å². The fourth-order valence-electron chi connectivity index (χ4n) is 5.75. The topological polar surface area (TPSA) is 83.0 Å². The van der Waals surface area contributed by atoms with Gasteiger partial charge in [0.05, 0.1) is 5.56 Å². The maximum atomic E-state index is 13.5. The molecule has 1 saturated heterocycles. The van der Waals surface area contributed by atoms with Gasteiger partial charge in [-0.05, 0) is 89.9 Å². The van der Waals surface area contributed by atoms with E-state index in [2.05, 4.69) is 26.7 Å². The second-order valence-electron chi connectivity index (χ2n) is 10.1. The van der Waals surface area contributed by atoms with Crippen molar-refractivity contribution < 1.29 is 4.79 Å². The van der Waals surface area contributed by atoms with Crippen molar-refractivity contribution >= 4 is 28.7 Å². The molecular formula is C27H35N5O2S. The van der Waals surface area contributed by atoms with Crippen molar-refractivity contribution in [3.63, 3.8) is 0 Å². The first-order chi connectivity index (χ1) is 16.9. The normalized spacial score (nSPS) is 18.2. The van der Waals surface area contributed by atoms with E-state index in [1.165, 1.54) is 50.5 Å².